The summed E-state index contributed by atoms with van der Waals surface area (Å²) in [5.74, 6) is 1.71. The van der Waals surface area contributed by atoms with Crippen molar-refractivity contribution in [2.45, 2.75) is 32.9 Å². The molecule has 0 radical (unpaired) electrons. The van der Waals surface area contributed by atoms with Gasteiger partial charge in [-0.25, -0.2) is 0 Å². The molecule has 0 amide bonds. The monoisotopic (exact) mass is 248 g/mol. The average molecular weight is 248 g/mol. The van der Waals surface area contributed by atoms with Crippen LogP contribution in [0.1, 0.15) is 25.8 Å². The van der Waals surface area contributed by atoms with Gasteiger partial charge in [0.1, 0.15) is 12.4 Å². The maximum Gasteiger partial charge on any atom is 0.123 e. The summed E-state index contributed by atoms with van der Waals surface area (Å²) in [7, 11) is 0. The number of hydrogen-bond donors (Lipinski definition) is 1. The zero-order valence-corrected chi connectivity index (χ0v) is 11.4. The van der Waals surface area contributed by atoms with Gasteiger partial charge in [-0.15, -0.1) is 0 Å². The number of ether oxygens (including phenoxy) is 1. The molecule has 1 aromatic carbocycles. The molecule has 1 heterocycles. The van der Waals surface area contributed by atoms with E-state index in [1.165, 1.54) is 5.56 Å². The molecule has 1 aromatic rings. The first-order valence-electron chi connectivity index (χ1n) is 6.85. The Balaban J connectivity index is 2.10. The maximum absolute atomic E-state index is 5.94. The van der Waals surface area contributed by atoms with Crippen LogP contribution in [-0.2, 0) is 6.54 Å². The van der Waals surface area contributed by atoms with Crippen molar-refractivity contribution in [3.63, 3.8) is 0 Å². The van der Waals surface area contributed by atoms with Gasteiger partial charge in [-0.2, -0.15) is 0 Å². The fourth-order valence-corrected chi connectivity index (χ4v) is 2.60. The fourth-order valence-electron chi connectivity index (χ4n) is 2.60. The van der Waals surface area contributed by atoms with Crippen LogP contribution < -0.4 is 10.5 Å². The number of benzene rings is 1. The van der Waals surface area contributed by atoms with Crippen molar-refractivity contribution < 1.29 is 4.74 Å². The summed E-state index contributed by atoms with van der Waals surface area (Å²) < 4.78 is 5.80. The predicted molar refractivity (Wildman–Crippen MR) is 74.6 cm³/mol. The maximum atomic E-state index is 5.94. The Bertz CT molecular complexity index is 379. The molecule has 0 aliphatic carbocycles. The van der Waals surface area contributed by atoms with Gasteiger partial charge in [-0.1, -0.05) is 32.0 Å². The van der Waals surface area contributed by atoms with E-state index in [0.717, 1.165) is 38.4 Å². The van der Waals surface area contributed by atoms with Crippen molar-refractivity contribution in [1.82, 2.24) is 4.90 Å². The molecule has 1 atom stereocenters. The summed E-state index contributed by atoms with van der Waals surface area (Å²) in [6, 6.07) is 8.77. The lowest BCUT2D eigenvalue weighted by molar-refractivity contribution is 0.154. The molecule has 0 fully saturated rings. The van der Waals surface area contributed by atoms with Crippen molar-refractivity contribution >= 4 is 0 Å². The van der Waals surface area contributed by atoms with E-state index in [-0.39, 0.29) is 0 Å². The standard InChI is InChI=1S/C15H24N2O/c1-12(2)9-14(10-16)17-7-8-18-15-6-4-3-5-13(15)11-17/h3-6,12,14H,7-11,16H2,1-2H3. The Morgan fingerprint density at radius 2 is 2.11 bits per heavy atom. The lowest BCUT2D eigenvalue weighted by Crippen LogP contribution is -2.42. The van der Waals surface area contributed by atoms with Gasteiger partial charge < -0.3 is 10.5 Å². The zero-order valence-electron chi connectivity index (χ0n) is 11.4. The van der Waals surface area contributed by atoms with Crippen molar-refractivity contribution in [2.24, 2.45) is 11.7 Å². The largest absolute Gasteiger partial charge is 0.492 e. The molecule has 1 aliphatic rings. The Kier molecular flexibility index (Phi) is 4.61. The minimum absolute atomic E-state index is 0.458. The van der Waals surface area contributed by atoms with Gasteiger partial charge in [0.2, 0.25) is 0 Å². The van der Waals surface area contributed by atoms with Gasteiger partial charge in [-0.05, 0) is 18.4 Å². The van der Waals surface area contributed by atoms with E-state index < -0.39 is 0 Å². The highest BCUT2D eigenvalue weighted by molar-refractivity contribution is 5.33. The molecule has 3 nitrogen and oxygen atoms in total. The van der Waals surface area contributed by atoms with E-state index in [9.17, 15) is 0 Å². The lowest BCUT2D eigenvalue weighted by atomic mass is 10.0. The predicted octanol–water partition coefficient (Wildman–Crippen LogP) is 2.25. The normalized spacial score (nSPS) is 18.0. The summed E-state index contributed by atoms with van der Waals surface area (Å²) >= 11 is 0. The van der Waals surface area contributed by atoms with Crippen LogP contribution in [0, 0.1) is 5.92 Å². The number of nitrogens with two attached hydrogens (primary N) is 1. The van der Waals surface area contributed by atoms with Crippen molar-refractivity contribution in [1.29, 1.82) is 0 Å². The fraction of sp³-hybridized carbons (Fsp3) is 0.600. The van der Waals surface area contributed by atoms with Crippen LogP contribution >= 0.6 is 0 Å². The smallest absolute Gasteiger partial charge is 0.123 e. The summed E-state index contributed by atoms with van der Waals surface area (Å²) in [5.41, 5.74) is 7.22. The molecule has 0 aromatic heterocycles. The van der Waals surface area contributed by atoms with E-state index in [0.29, 0.717) is 12.0 Å². The van der Waals surface area contributed by atoms with Crippen LogP contribution in [0.4, 0.5) is 0 Å². The second kappa shape index (κ2) is 6.21. The van der Waals surface area contributed by atoms with Crippen LogP contribution in [0.5, 0.6) is 5.75 Å². The molecule has 1 aliphatic heterocycles. The van der Waals surface area contributed by atoms with E-state index in [1.807, 2.05) is 6.07 Å². The Hall–Kier alpha value is -1.06. The first-order valence-corrected chi connectivity index (χ1v) is 6.85. The number of fused-ring (bicyclic) bond motifs is 1. The number of rotatable bonds is 4. The first kappa shape index (κ1) is 13.4. The third-order valence-electron chi connectivity index (χ3n) is 3.51. The highest BCUT2D eigenvalue weighted by Gasteiger charge is 2.22. The molecule has 100 valence electrons. The minimum Gasteiger partial charge on any atom is -0.492 e. The summed E-state index contributed by atoms with van der Waals surface area (Å²) in [6.07, 6.45) is 1.15. The minimum atomic E-state index is 0.458. The van der Waals surface area contributed by atoms with Crippen molar-refractivity contribution in [3.8, 4) is 5.75 Å². The van der Waals surface area contributed by atoms with Gasteiger partial charge in [-0.3, -0.25) is 4.90 Å². The second-order valence-corrected chi connectivity index (χ2v) is 5.45. The summed E-state index contributed by atoms with van der Waals surface area (Å²) in [5, 5.41) is 0. The quantitative estimate of drug-likeness (QED) is 0.888. The van der Waals surface area contributed by atoms with Crippen LogP contribution in [0.25, 0.3) is 0 Å². The number of nitrogens with zero attached hydrogens (tertiary/aromatic N) is 1. The second-order valence-electron chi connectivity index (χ2n) is 5.45. The highest BCUT2D eigenvalue weighted by Crippen LogP contribution is 2.24. The van der Waals surface area contributed by atoms with Crippen molar-refractivity contribution in [2.75, 3.05) is 19.7 Å². The van der Waals surface area contributed by atoms with Crippen LogP contribution in [0.2, 0.25) is 0 Å². The molecule has 0 spiro atoms. The molecule has 0 bridgehead atoms. The van der Waals surface area contributed by atoms with Crippen LogP contribution in [-0.4, -0.2) is 30.6 Å². The molecule has 0 saturated carbocycles. The van der Waals surface area contributed by atoms with Gasteiger partial charge in [0.05, 0.1) is 0 Å². The van der Waals surface area contributed by atoms with E-state index in [1.54, 1.807) is 0 Å². The molecule has 18 heavy (non-hydrogen) atoms. The highest BCUT2D eigenvalue weighted by atomic mass is 16.5. The first-order chi connectivity index (χ1) is 8.70. The molecular formula is C15H24N2O. The Labute approximate surface area is 110 Å². The van der Waals surface area contributed by atoms with Gasteiger partial charge in [0, 0.05) is 31.2 Å². The number of para-hydroxylation sites is 1. The SMILES string of the molecule is CC(C)CC(CN)N1CCOc2ccccc2C1. The number of hydrogen-bond acceptors (Lipinski definition) is 3. The Morgan fingerprint density at radius 3 is 2.83 bits per heavy atom. The van der Waals surface area contributed by atoms with Crippen LogP contribution in [0.3, 0.4) is 0 Å². The Morgan fingerprint density at radius 1 is 1.33 bits per heavy atom. The summed E-state index contributed by atoms with van der Waals surface area (Å²) in [4.78, 5) is 2.46. The lowest BCUT2D eigenvalue weighted by Gasteiger charge is -2.30. The van der Waals surface area contributed by atoms with Gasteiger partial charge >= 0.3 is 0 Å². The average Bonchev–Trinajstić information content (AvgIpc) is 2.57. The third kappa shape index (κ3) is 3.24. The van der Waals surface area contributed by atoms with E-state index in [4.69, 9.17) is 10.5 Å². The molecular weight excluding hydrogens is 224 g/mol. The van der Waals surface area contributed by atoms with Gasteiger partial charge in [0.25, 0.3) is 0 Å². The van der Waals surface area contributed by atoms with Crippen LogP contribution in [0.15, 0.2) is 24.3 Å². The molecule has 2 N–H and O–H groups in total. The third-order valence-corrected chi connectivity index (χ3v) is 3.51. The molecule has 0 saturated heterocycles. The zero-order chi connectivity index (χ0) is 13.0. The van der Waals surface area contributed by atoms with E-state index >= 15 is 0 Å². The van der Waals surface area contributed by atoms with E-state index in [2.05, 4.69) is 36.9 Å². The van der Waals surface area contributed by atoms with Gasteiger partial charge in [0.15, 0.2) is 0 Å². The molecule has 1 unspecified atom stereocenters. The van der Waals surface area contributed by atoms with Crippen molar-refractivity contribution in [3.05, 3.63) is 29.8 Å². The summed E-state index contributed by atoms with van der Waals surface area (Å²) in [6.45, 7) is 7.90. The topological polar surface area (TPSA) is 38.5 Å². The molecule has 3 heteroatoms. The molecule has 2 rings (SSSR count).